The van der Waals surface area contributed by atoms with Crippen LogP contribution in [0.4, 0.5) is 0 Å². The van der Waals surface area contributed by atoms with Crippen LogP contribution in [0.5, 0.6) is 0 Å². The molecule has 0 spiro atoms. The normalized spacial score (nSPS) is 9.68. The molecule has 0 heterocycles. The van der Waals surface area contributed by atoms with Crippen LogP contribution in [0, 0.1) is 0 Å². The minimum absolute atomic E-state index is 0.0225. The second-order valence-corrected chi connectivity index (χ2v) is 3.92. The molecule has 0 radical (unpaired) electrons. The quantitative estimate of drug-likeness (QED) is 0.463. The van der Waals surface area contributed by atoms with E-state index in [1.807, 2.05) is 6.92 Å². The molecule has 0 aliphatic carbocycles. The van der Waals surface area contributed by atoms with Crippen molar-refractivity contribution in [3.05, 3.63) is 0 Å². The molecule has 0 rings (SSSR count). The summed E-state index contributed by atoms with van der Waals surface area (Å²) in [5, 5.41) is 8.40. The van der Waals surface area contributed by atoms with Crippen molar-refractivity contribution in [2.45, 2.75) is 46.5 Å². The minimum atomic E-state index is -0.183. The topological polar surface area (TPSA) is 65.0 Å². The molecule has 5 heteroatoms. The fourth-order valence-electron chi connectivity index (χ4n) is 0.877. The van der Waals surface area contributed by atoms with E-state index < -0.39 is 0 Å². The highest BCUT2D eigenvalue weighted by Crippen LogP contribution is 1.90. The van der Waals surface area contributed by atoms with Crippen molar-refractivity contribution >= 4 is 5.97 Å². The van der Waals surface area contributed by atoms with Gasteiger partial charge in [-0.25, -0.2) is 0 Å². The van der Waals surface area contributed by atoms with Crippen molar-refractivity contribution in [3.63, 3.8) is 0 Å². The molecule has 0 aromatic carbocycles. The average molecular weight is 278 g/mol. The van der Waals surface area contributed by atoms with Crippen LogP contribution in [0.25, 0.3) is 0 Å². The summed E-state index contributed by atoms with van der Waals surface area (Å²) >= 11 is 0. The molecule has 0 atom stereocenters. The Morgan fingerprint density at radius 1 is 0.842 bits per heavy atom. The van der Waals surface area contributed by atoms with Crippen molar-refractivity contribution in [1.29, 1.82) is 0 Å². The lowest BCUT2D eigenvalue weighted by Crippen LogP contribution is -2.13. The van der Waals surface area contributed by atoms with Crippen LogP contribution in [-0.4, -0.2) is 50.7 Å². The number of aliphatic hydroxyl groups excluding tert-OH is 1. The Labute approximate surface area is 117 Å². The molecule has 0 bridgehead atoms. The number of ether oxygens (including phenoxy) is 3. The van der Waals surface area contributed by atoms with Gasteiger partial charge in [-0.05, 0) is 6.42 Å². The number of rotatable bonds is 11. The molecule has 1 N–H and O–H groups in total. The number of aliphatic hydroxyl groups is 1. The van der Waals surface area contributed by atoms with Crippen LogP contribution < -0.4 is 0 Å². The predicted molar refractivity (Wildman–Crippen MR) is 75.2 cm³/mol. The number of esters is 1. The van der Waals surface area contributed by atoms with Crippen LogP contribution in [0.2, 0.25) is 0 Å². The zero-order valence-electron chi connectivity index (χ0n) is 12.7. The van der Waals surface area contributed by atoms with Gasteiger partial charge in [0.2, 0.25) is 0 Å². The fourth-order valence-corrected chi connectivity index (χ4v) is 0.877. The van der Waals surface area contributed by atoms with Crippen LogP contribution >= 0.6 is 0 Å². The van der Waals surface area contributed by atoms with Crippen LogP contribution in [0.1, 0.15) is 46.5 Å². The summed E-state index contributed by atoms with van der Waals surface area (Å²) in [6.45, 7) is 8.21. The average Bonchev–Trinajstić information content (AvgIpc) is 2.42. The molecule has 116 valence electrons. The highest BCUT2D eigenvalue weighted by Gasteiger charge is 1.99. The molecule has 0 saturated carbocycles. The molecule has 0 aliphatic rings. The van der Waals surface area contributed by atoms with Gasteiger partial charge in [-0.1, -0.05) is 33.6 Å². The number of carbonyl (C=O) groups excluding carboxylic acids is 1. The Morgan fingerprint density at radius 2 is 1.37 bits per heavy atom. The monoisotopic (exact) mass is 278 g/mol. The minimum Gasteiger partial charge on any atom is -0.463 e. The van der Waals surface area contributed by atoms with Crippen molar-refractivity contribution in [1.82, 2.24) is 0 Å². The molecule has 0 amide bonds. The molecule has 0 aromatic rings. The van der Waals surface area contributed by atoms with E-state index >= 15 is 0 Å². The predicted octanol–water partition coefficient (Wildman–Crippen LogP) is 2.16. The van der Waals surface area contributed by atoms with Gasteiger partial charge in [0.1, 0.15) is 6.61 Å². The molecular weight excluding hydrogens is 248 g/mol. The van der Waals surface area contributed by atoms with Gasteiger partial charge in [-0.3, -0.25) is 4.79 Å². The van der Waals surface area contributed by atoms with E-state index in [0.29, 0.717) is 39.5 Å². The van der Waals surface area contributed by atoms with E-state index in [0.717, 1.165) is 6.42 Å². The second-order valence-electron chi connectivity index (χ2n) is 3.92. The SMILES string of the molecule is CCCC.CCCC(=O)OCCOCCOCCO. The molecule has 0 aromatic heterocycles. The van der Waals surface area contributed by atoms with Gasteiger partial charge < -0.3 is 19.3 Å². The first-order chi connectivity index (χ1) is 9.22. The van der Waals surface area contributed by atoms with E-state index in [-0.39, 0.29) is 12.6 Å². The maximum absolute atomic E-state index is 10.9. The van der Waals surface area contributed by atoms with E-state index in [1.165, 1.54) is 12.8 Å². The Balaban J connectivity index is 0. The van der Waals surface area contributed by atoms with Crippen LogP contribution in [0.3, 0.4) is 0 Å². The molecule has 0 unspecified atom stereocenters. The number of hydrogen-bond donors (Lipinski definition) is 1. The zero-order valence-corrected chi connectivity index (χ0v) is 12.7. The van der Waals surface area contributed by atoms with Gasteiger partial charge in [0.15, 0.2) is 0 Å². The summed E-state index contributed by atoms with van der Waals surface area (Å²) in [5.74, 6) is -0.183. The van der Waals surface area contributed by atoms with Crippen LogP contribution in [-0.2, 0) is 19.0 Å². The zero-order chi connectivity index (χ0) is 14.8. The van der Waals surface area contributed by atoms with E-state index in [9.17, 15) is 4.79 Å². The van der Waals surface area contributed by atoms with Gasteiger partial charge in [-0.15, -0.1) is 0 Å². The number of unbranched alkanes of at least 4 members (excludes halogenated alkanes) is 1. The van der Waals surface area contributed by atoms with E-state index in [1.54, 1.807) is 0 Å². The van der Waals surface area contributed by atoms with Crippen molar-refractivity contribution < 1.29 is 24.1 Å². The summed E-state index contributed by atoms with van der Waals surface area (Å²) in [5.41, 5.74) is 0. The second kappa shape index (κ2) is 19.7. The molecule has 0 fully saturated rings. The Kier molecular flexibility index (Phi) is 21.4. The Hall–Kier alpha value is -0.650. The summed E-state index contributed by atoms with van der Waals surface area (Å²) < 4.78 is 15.0. The first-order valence-corrected chi connectivity index (χ1v) is 7.14. The maximum Gasteiger partial charge on any atom is 0.305 e. The summed E-state index contributed by atoms with van der Waals surface area (Å²) in [6, 6.07) is 0. The third-order valence-electron chi connectivity index (χ3n) is 2.05. The standard InChI is InChI=1S/C10H20O5.C4H10/c1-2-3-10(12)15-9-8-14-7-6-13-5-4-11;1-3-4-2/h11H,2-9H2,1H3;3-4H2,1-2H3. The van der Waals surface area contributed by atoms with Crippen LogP contribution in [0.15, 0.2) is 0 Å². The summed E-state index contributed by atoms with van der Waals surface area (Å²) in [6.07, 6.45) is 3.90. The lowest BCUT2D eigenvalue weighted by Gasteiger charge is -2.05. The molecular formula is C14H30O5. The van der Waals surface area contributed by atoms with Gasteiger partial charge in [0, 0.05) is 6.42 Å². The number of hydrogen-bond acceptors (Lipinski definition) is 5. The Bertz CT molecular complexity index is 171. The fraction of sp³-hybridized carbons (Fsp3) is 0.929. The van der Waals surface area contributed by atoms with Gasteiger partial charge in [0.05, 0.1) is 33.0 Å². The molecule has 0 saturated heterocycles. The van der Waals surface area contributed by atoms with Crippen molar-refractivity contribution in [2.75, 3.05) is 39.6 Å². The van der Waals surface area contributed by atoms with E-state index in [4.69, 9.17) is 19.3 Å². The Morgan fingerprint density at radius 3 is 1.84 bits per heavy atom. The number of carbonyl (C=O) groups is 1. The molecule has 0 aliphatic heterocycles. The van der Waals surface area contributed by atoms with Gasteiger partial charge in [0.25, 0.3) is 0 Å². The lowest BCUT2D eigenvalue weighted by molar-refractivity contribution is -0.145. The third-order valence-corrected chi connectivity index (χ3v) is 2.05. The lowest BCUT2D eigenvalue weighted by atomic mass is 10.3. The third kappa shape index (κ3) is 22.9. The van der Waals surface area contributed by atoms with Gasteiger partial charge >= 0.3 is 5.97 Å². The van der Waals surface area contributed by atoms with E-state index in [2.05, 4.69) is 13.8 Å². The first kappa shape index (κ1) is 20.7. The van der Waals surface area contributed by atoms with Crippen molar-refractivity contribution in [3.8, 4) is 0 Å². The highest BCUT2D eigenvalue weighted by atomic mass is 16.6. The largest absolute Gasteiger partial charge is 0.463 e. The molecule has 5 nitrogen and oxygen atoms in total. The molecule has 19 heavy (non-hydrogen) atoms. The highest BCUT2D eigenvalue weighted by molar-refractivity contribution is 5.69. The first-order valence-electron chi connectivity index (χ1n) is 7.14. The van der Waals surface area contributed by atoms with Gasteiger partial charge in [-0.2, -0.15) is 0 Å². The van der Waals surface area contributed by atoms with Crippen molar-refractivity contribution in [2.24, 2.45) is 0 Å². The smallest absolute Gasteiger partial charge is 0.305 e. The maximum atomic E-state index is 10.9. The summed E-state index contributed by atoms with van der Waals surface area (Å²) in [7, 11) is 0. The summed E-state index contributed by atoms with van der Waals surface area (Å²) in [4.78, 5) is 10.9.